The van der Waals surface area contributed by atoms with Gasteiger partial charge in [-0.25, -0.2) is 0 Å². The molecular formula is C23H26O3. The highest BCUT2D eigenvalue weighted by Gasteiger charge is 1.99. The van der Waals surface area contributed by atoms with Crippen LogP contribution in [0.25, 0.3) is 0 Å². The van der Waals surface area contributed by atoms with E-state index in [0.717, 1.165) is 28.2 Å². The molecule has 0 heterocycles. The van der Waals surface area contributed by atoms with E-state index in [1.807, 2.05) is 87.5 Å². The quantitative estimate of drug-likeness (QED) is 0.621. The lowest BCUT2D eigenvalue weighted by Crippen LogP contribution is -2.10. The normalized spacial score (nSPS) is 9.81. The third kappa shape index (κ3) is 6.17. The fourth-order valence-corrected chi connectivity index (χ4v) is 2.30. The molecule has 0 radical (unpaired) electrons. The van der Waals surface area contributed by atoms with Crippen LogP contribution < -0.4 is 9.47 Å². The maximum Gasteiger partial charge on any atom is 0.122 e. The number of hydrogen-bond donors (Lipinski definition) is 1. The largest absolute Gasteiger partial charge is 0.508 e. The van der Waals surface area contributed by atoms with Gasteiger partial charge in [-0.05, 0) is 55.7 Å². The Morgan fingerprint density at radius 2 is 0.962 bits per heavy atom. The molecule has 0 amide bonds. The summed E-state index contributed by atoms with van der Waals surface area (Å²) in [6.07, 6.45) is 0. The Balaban J connectivity index is 0.000000254. The molecule has 0 aliphatic rings. The van der Waals surface area contributed by atoms with Crippen molar-refractivity contribution < 1.29 is 14.6 Å². The number of phenols is 1. The predicted molar refractivity (Wildman–Crippen MR) is 106 cm³/mol. The zero-order chi connectivity index (χ0) is 18.8. The summed E-state index contributed by atoms with van der Waals surface area (Å²) in [5, 5.41) is 8.92. The Bertz CT molecular complexity index is 743. The maximum atomic E-state index is 8.92. The number of rotatable bonds is 5. The van der Waals surface area contributed by atoms with E-state index in [0.29, 0.717) is 19.0 Å². The zero-order valence-corrected chi connectivity index (χ0v) is 15.6. The molecule has 26 heavy (non-hydrogen) atoms. The number of para-hydroxylation sites is 3. The first kappa shape index (κ1) is 19.4. The van der Waals surface area contributed by atoms with Crippen molar-refractivity contribution in [2.45, 2.75) is 20.8 Å². The third-order valence-electron chi connectivity index (χ3n) is 3.90. The molecule has 0 saturated heterocycles. The van der Waals surface area contributed by atoms with Gasteiger partial charge in [0.05, 0.1) is 0 Å². The van der Waals surface area contributed by atoms with Crippen molar-refractivity contribution in [2.24, 2.45) is 0 Å². The molecule has 3 aromatic carbocycles. The van der Waals surface area contributed by atoms with Crippen LogP contribution in [0.3, 0.4) is 0 Å². The lowest BCUT2D eigenvalue weighted by molar-refractivity contribution is 0.215. The van der Waals surface area contributed by atoms with Crippen molar-refractivity contribution in [3.63, 3.8) is 0 Å². The minimum Gasteiger partial charge on any atom is -0.508 e. The van der Waals surface area contributed by atoms with E-state index in [1.165, 1.54) is 0 Å². The van der Waals surface area contributed by atoms with Crippen LogP contribution in [-0.4, -0.2) is 18.3 Å². The van der Waals surface area contributed by atoms with Gasteiger partial charge in [0.2, 0.25) is 0 Å². The summed E-state index contributed by atoms with van der Waals surface area (Å²) in [7, 11) is 0. The number of benzene rings is 3. The molecule has 3 aromatic rings. The van der Waals surface area contributed by atoms with Crippen molar-refractivity contribution >= 4 is 0 Å². The van der Waals surface area contributed by atoms with Crippen molar-refractivity contribution in [2.75, 3.05) is 13.2 Å². The van der Waals surface area contributed by atoms with Gasteiger partial charge >= 0.3 is 0 Å². The SMILES string of the molecule is Cc1ccccc1O.Cc1ccccc1OCCOc1ccccc1C. The molecule has 0 bridgehead atoms. The summed E-state index contributed by atoms with van der Waals surface area (Å²) >= 11 is 0. The van der Waals surface area contributed by atoms with Crippen LogP contribution in [0.15, 0.2) is 72.8 Å². The molecule has 0 fully saturated rings. The molecule has 136 valence electrons. The summed E-state index contributed by atoms with van der Waals surface area (Å²) < 4.78 is 11.3. The van der Waals surface area contributed by atoms with Gasteiger partial charge in [0.1, 0.15) is 30.5 Å². The molecule has 3 heteroatoms. The van der Waals surface area contributed by atoms with E-state index in [9.17, 15) is 0 Å². The number of aromatic hydroxyl groups is 1. The van der Waals surface area contributed by atoms with Gasteiger partial charge in [-0.15, -0.1) is 0 Å². The smallest absolute Gasteiger partial charge is 0.122 e. The molecule has 0 atom stereocenters. The van der Waals surface area contributed by atoms with Crippen molar-refractivity contribution in [3.8, 4) is 17.2 Å². The van der Waals surface area contributed by atoms with Crippen LogP contribution in [0.1, 0.15) is 16.7 Å². The highest BCUT2D eigenvalue weighted by atomic mass is 16.5. The summed E-state index contributed by atoms with van der Waals surface area (Å²) in [6, 6.07) is 23.2. The fraction of sp³-hybridized carbons (Fsp3) is 0.217. The molecular weight excluding hydrogens is 324 g/mol. The minimum atomic E-state index is 0.368. The lowest BCUT2D eigenvalue weighted by Gasteiger charge is -2.11. The van der Waals surface area contributed by atoms with Gasteiger partial charge in [-0.2, -0.15) is 0 Å². The second kappa shape index (κ2) is 10.1. The molecule has 0 saturated carbocycles. The Morgan fingerprint density at radius 3 is 1.31 bits per heavy atom. The number of aryl methyl sites for hydroxylation is 3. The van der Waals surface area contributed by atoms with Crippen LogP contribution in [0.4, 0.5) is 0 Å². The van der Waals surface area contributed by atoms with Gasteiger partial charge in [0.25, 0.3) is 0 Å². The Kier molecular flexibility index (Phi) is 7.56. The van der Waals surface area contributed by atoms with E-state index in [-0.39, 0.29) is 0 Å². The van der Waals surface area contributed by atoms with Crippen molar-refractivity contribution in [1.29, 1.82) is 0 Å². The maximum absolute atomic E-state index is 8.92. The Hall–Kier alpha value is -2.94. The molecule has 1 N–H and O–H groups in total. The lowest BCUT2D eigenvalue weighted by atomic mass is 10.2. The third-order valence-corrected chi connectivity index (χ3v) is 3.90. The number of ether oxygens (including phenoxy) is 2. The van der Waals surface area contributed by atoms with Crippen molar-refractivity contribution in [1.82, 2.24) is 0 Å². The van der Waals surface area contributed by atoms with E-state index in [4.69, 9.17) is 14.6 Å². The molecule has 0 spiro atoms. The minimum absolute atomic E-state index is 0.368. The molecule has 3 nitrogen and oxygen atoms in total. The molecule has 0 aliphatic carbocycles. The van der Waals surface area contributed by atoms with Gasteiger partial charge in [-0.1, -0.05) is 54.6 Å². The summed E-state index contributed by atoms with van der Waals surface area (Å²) in [5.74, 6) is 2.21. The number of hydrogen-bond acceptors (Lipinski definition) is 3. The topological polar surface area (TPSA) is 38.7 Å². The zero-order valence-electron chi connectivity index (χ0n) is 15.6. The van der Waals surface area contributed by atoms with E-state index in [2.05, 4.69) is 0 Å². The van der Waals surface area contributed by atoms with E-state index < -0.39 is 0 Å². The molecule has 0 aromatic heterocycles. The Labute approximate surface area is 155 Å². The van der Waals surface area contributed by atoms with Crippen molar-refractivity contribution in [3.05, 3.63) is 89.5 Å². The highest BCUT2D eigenvalue weighted by molar-refractivity contribution is 5.33. The van der Waals surface area contributed by atoms with Crippen LogP contribution in [-0.2, 0) is 0 Å². The van der Waals surface area contributed by atoms with Crippen LogP contribution >= 0.6 is 0 Å². The fourth-order valence-electron chi connectivity index (χ4n) is 2.30. The van der Waals surface area contributed by atoms with E-state index in [1.54, 1.807) is 6.07 Å². The second-order valence-electron chi connectivity index (χ2n) is 6.01. The number of phenolic OH excluding ortho intramolecular Hbond substituents is 1. The average Bonchev–Trinajstić information content (AvgIpc) is 2.64. The molecule has 0 unspecified atom stereocenters. The first-order valence-corrected chi connectivity index (χ1v) is 8.69. The second-order valence-corrected chi connectivity index (χ2v) is 6.01. The Morgan fingerprint density at radius 1 is 0.577 bits per heavy atom. The molecule has 3 rings (SSSR count). The van der Waals surface area contributed by atoms with Gasteiger partial charge in [0, 0.05) is 0 Å². The summed E-state index contributed by atoms with van der Waals surface area (Å²) in [5.41, 5.74) is 3.22. The van der Waals surface area contributed by atoms with Gasteiger partial charge < -0.3 is 14.6 Å². The molecule has 0 aliphatic heterocycles. The average molecular weight is 350 g/mol. The monoisotopic (exact) mass is 350 g/mol. The summed E-state index contributed by atoms with van der Waals surface area (Å²) in [6.45, 7) is 7.06. The predicted octanol–water partition coefficient (Wildman–Crippen LogP) is 5.46. The van der Waals surface area contributed by atoms with Crippen LogP contribution in [0, 0.1) is 20.8 Å². The highest BCUT2D eigenvalue weighted by Crippen LogP contribution is 2.18. The van der Waals surface area contributed by atoms with Gasteiger partial charge in [0.15, 0.2) is 0 Å². The first-order chi connectivity index (χ1) is 12.6. The standard InChI is InChI=1S/C16H18O2.C7H8O/c1-13-7-3-5-9-15(13)17-11-12-18-16-10-6-4-8-14(16)2;1-6-4-2-3-5-7(6)8/h3-10H,11-12H2,1-2H3;2-5,8H,1H3. The van der Waals surface area contributed by atoms with Crippen LogP contribution in [0.2, 0.25) is 0 Å². The first-order valence-electron chi connectivity index (χ1n) is 8.69. The van der Waals surface area contributed by atoms with E-state index >= 15 is 0 Å². The van der Waals surface area contributed by atoms with Gasteiger partial charge in [-0.3, -0.25) is 0 Å². The summed E-state index contributed by atoms with van der Waals surface area (Å²) in [4.78, 5) is 0. The van der Waals surface area contributed by atoms with Crippen LogP contribution in [0.5, 0.6) is 17.2 Å².